The Balaban J connectivity index is 3.09. The smallest absolute Gasteiger partial charge is 0.00887 e. The van der Waals surface area contributed by atoms with Gasteiger partial charge >= 0.3 is 0 Å². The molecule has 0 spiro atoms. The minimum absolute atomic E-state index is 0.836. The van der Waals surface area contributed by atoms with E-state index in [0.29, 0.717) is 0 Å². The Morgan fingerprint density at radius 2 is 1.73 bits per heavy atom. The molecule has 0 heterocycles. The zero-order chi connectivity index (χ0) is 8.53. The van der Waals surface area contributed by atoms with Crippen LogP contribution in [-0.2, 0) is 0 Å². The molecule has 0 aromatic rings. The number of hydrogen-bond acceptors (Lipinski definition) is 0. The first kappa shape index (κ1) is 10.6. The van der Waals surface area contributed by atoms with Gasteiger partial charge in [0.1, 0.15) is 0 Å². The maximum atomic E-state index is 3.19. The van der Waals surface area contributed by atoms with Gasteiger partial charge in [0.05, 0.1) is 0 Å². The fourth-order valence-electron chi connectivity index (χ4n) is 0.900. The molecule has 0 atom stereocenters. The van der Waals surface area contributed by atoms with Crippen molar-refractivity contribution in [2.24, 2.45) is 5.92 Å². The summed E-state index contributed by atoms with van der Waals surface area (Å²) in [6.45, 7) is 6.70. The maximum Gasteiger partial charge on any atom is 0.00887 e. The van der Waals surface area contributed by atoms with Crippen molar-refractivity contribution >= 4 is 0 Å². The molecule has 0 amide bonds. The van der Waals surface area contributed by atoms with Crippen LogP contribution in [-0.4, -0.2) is 0 Å². The van der Waals surface area contributed by atoms with Gasteiger partial charge in [-0.1, -0.05) is 27.2 Å². The van der Waals surface area contributed by atoms with Crippen LogP contribution < -0.4 is 0 Å². The van der Waals surface area contributed by atoms with Crippen molar-refractivity contribution < 1.29 is 0 Å². The van der Waals surface area contributed by atoms with Crippen molar-refractivity contribution in [1.29, 1.82) is 0 Å². The van der Waals surface area contributed by atoms with Gasteiger partial charge < -0.3 is 0 Å². The fourth-order valence-corrected chi connectivity index (χ4v) is 0.900. The van der Waals surface area contributed by atoms with Crippen molar-refractivity contribution in [2.45, 2.75) is 52.9 Å². The molecule has 11 heavy (non-hydrogen) atoms. The average Bonchev–Trinajstić information content (AvgIpc) is 1.96. The lowest BCUT2D eigenvalue weighted by Crippen LogP contribution is -1.85. The van der Waals surface area contributed by atoms with Gasteiger partial charge in [-0.05, 0) is 18.8 Å². The summed E-state index contributed by atoms with van der Waals surface area (Å²) < 4.78 is 0. The summed E-state index contributed by atoms with van der Waals surface area (Å²) in [5, 5.41) is 0. The van der Waals surface area contributed by atoms with E-state index in [1.165, 1.54) is 19.3 Å². The number of rotatable bonds is 4. The van der Waals surface area contributed by atoms with Gasteiger partial charge in [0.15, 0.2) is 0 Å². The summed E-state index contributed by atoms with van der Waals surface area (Å²) in [5.74, 6) is 7.19. The zero-order valence-electron chi connectivity index (χ0n) is 8.11. The lowest BCUT2D eigenvalue weighted by Gasteiger charge is -1.99. The third kappa shape index (κ3) is 9.56. The van der Waals surface area contributed by atoms with Crippen molar-refractivity contribution in [2.75, 3.05) is 0 Å². The molecule has 64 valence electrons. The molecule has 0 saturated carbocycles. The van der Waals surface area contributed by atoms with E-state index < -0.39 is 0 Å². The predicted octanol–water partition coefficient (Wildman–Crippen LogP) is 3.62. The van der Waals surface area contributed by atoms with Gasteiger partial charge in [0, 0.05) is 12.8 Å². The van der Waals surface area contributed by atoms with Crippen LogP contribution in [0.2, 0.25) is 0 Å². The fraction of sp³-hybridized carbons (Fsp3) is 0.818. The van der Waals surface area contributed by atoms with Gasteiger partial charge in [-0.25, -0.2) is 0 Å². The van der Waals surface area contributed by atoms with Crippen LogP contribution in [0.3, 0.4) is 0 Å². The summed E-state index contributed by atoms with van der Waals surface area (Å²) >= 11 is 0. The summed E-state index contributed by atoms with van der Waals surface area (Å²) in [6.07, 6.45) is 5.95. The molecule has 0 aromatic carbocycles. The molecule has 0 saturated heterocycles. The number of hydrogen-bond donors (Lipinski definition) is 0. The summed E-state index contributed by atoms with van der Waals surface area (Å²) in [7, 11) is 0. The third-order valence-electron chi connectivity index (χ3n) is 1.58. The molecular weight excluding hydrogens is 132 g/mol. The van der Waals surface area contributed by atoms with Gasteiger partial charge in [0.25, 0.3) is 0 Å². The molecule has 0 aliphatic rings. The second-order valence-corrected chi connectivity index (χ2v) is 3.39. The first-order valence-corrected chi connectivity index (χ1v) is 4.73. The van der Waals surface area contributed by atoms with E-state index in [0.717, 1.165) is 18.8 Å². The Hall–Kier alpha value is -0.440. The van der Waals surface area contributed by atoms with Gasteiger partial charge in [0.2, 0.25) is 0 Å². The molecule has 0 N–H and O–H groups in total. The summed E-state index contributed by atoms with van der Waals surface area (Å²) in [5.41, 5.74) is 0. The van der Waals surface area contributed by atoms with Crippen LogP contribution in [0, 0.1) is 17.8 Å². The predicted molar refractivity (Wildman–Crippen MR) is 51.4 cm³/mol. The molecule has 0 aromatic heterocycles. The van der Waals surface area contributed by atoms with Gasteiger partial charge in [-0.3, -0.25) is 0 Å². The van der Waals surface area contributed by atoms with Crippen molar-refractivity contribution in [3.63, 3.8) is 0 Å². The molecule has 0 aliphatic heterocycles. The van der Waals surface area contributed by atoms with Crippen molar-refractivity contribution in [3.8, 4) is 11.8 Å². The van der Waals surface area contributed by atoms with E-state index in [9.17, 15) is 0 Å². The van der Waals surface area contributed by atoms with Crippen molar-refractivity contribution in [3.05, 3.63) is 0 Å². The summed E-state index contributed by atoms with van der Waals surface area (Å²) in [4.78, 5) is 0. The highest BCUT2D eigenvalue weighted by Crippen LogP contribution is 2.04. The topological polar surface area (TPSA) is 0 Å². The quantitative estimate of drug-likeness (QED) is 0.426. The Kier molecular flexibility index (Phi) is 7.36. The first-order chi connectivity index (χ1) is 5.27. The van der Waals surface area contributed by atoms with Crippen LogP contribution in [0.5, 0.6) is 0 Å². The molecule has 0 rings (SSSR count). The van der Waals surface area contributed by atoms with E-state index in [-0.39, 0.29) is 0 Å². The molecule has 0 radical (unpaired) electrons. The Morgan fingerprint density at radius 3 is 2.27 bits per heavy atom. The van der Waals surface area contributed by atoms with E-state index in [1.807, 2.05) is 0 Å². The monoisotopic (exact) mass is 152 g/mol. The van der Waals surface area contributed by atoms with E-state index in [4.69, 9.17) is 0 Å². The van der Waals surface area contributed by atoms with Gasteiger partial charge in [-0.15, -0.1) is 11.8 Å². The first-order valence-electron chi connectivity index (χ1n) is 4.73. The minimum Gasteiger partial charge on any atom is -0.103 e. The molecule has 0 nitrogen and oxygen atoms in total. The van der Waals surface area contributed by atoms with Crippen LogP contribution in [0.15, 0.2) is 0 Å². The van der Waals surface area contributed by atoms with Crippen molar-refractivity contribution in [1.82, 2.24) is 0 Å². The highest BCUT2D eigenvalue weighted by atomic mass is 14.0. The lowest BCUT2D eigenvalue weighted by molar-refractivity contribution is 0.562. The highest BCUT2D eigenvalue weighted by Gasteiger charge is 1.90. The van der Waals surface area contributed by atoms with E-state index in [2.05, 4.69) is 32.6 Å². The van der Waals surface area contributed by atoms with Crippen LogP contribution in [0.4, 0.5) is 0 Å². The molecule has 0 aliphatic carbocycles. The average molecular weight is 152 g/mol. The normalized spacial score (nSPS) is 9.45. The van der Waals surface area contributed by atoms with E-state index in [1.54, 1.807) is 0 Å². The molecule has 0 fully saturated rings. The largest absolute Gasteiger partial charge is 0.103 e. The van der Waals surface area contributed by atoms with Crippen LogP contribution in [0.1, 0.15) is 52.9 Å². The highest BCUT2D eigenvalue weighted by molar-refractivity contribution is 4.98. The Morgan fingerprint density at radius 1 is 1.09 bits per heavy atom. The molecular formula is C11H20. The molecule has 0 unspecified atom stereocenters. The Bertz CT molecular complexity index is 123. The third-order valence-corrected chi connectivity index (χ3v) is 1.58. The maximum absolute atomic E-state index is 3.19. The second-order valence-electron chi connectivity index (χ2n) is 3.39. The number of unbranched alkanes of at least 4 members (excludes halogenated alkanes) is 2. The van der Waals surface area contributed by atoms with Crippen LogP contribution >= 0.6 is 0 Å². The van der Waals surface area contributed by atoms with E-state index >= 15 is 0 Å². The minimum atomic E-state index is 0.836. The molecule has 0 heteroatoms. The SMILES string of the molecule is CCCC#CCCCC(C)C. The van der Waals surface area contributed by atoms with Gasteiger partial charge in [-0.2, -0.15) is 0 Å². The molecule has 0 bridgehead atoms. The lowest BCUT2D eigenvalue weighted by atomic mass is 10.1. The summed E-state index contributed by atoms with van der Waals surface area (Å²) in [6, 6.07) is 0. The second kappa shape index (κ2) is 7.66. The zero-order valence-corrected chi connectivity index (χ0v) is 8.11. The van der Waals surface area contributed by atoms with Crippen LogP contribution in [0.25, 0.3) is 0 Å². The Labute approximate surface area is 71.4 Å². The standard InChI is InChI=1S/C11H20/c1-4-5-6-7-8-9-10-11(2)3/h11H,4-5,8-10H2,1-3H3.